The third-order valence-electron chi connectivity index (χ3n) is 3.33. The van der Waals surface area contributed by atoms with Gasteiger partial charge >= 0.3 is 0 Å². The Balaban J connectivity index is 1.73. The molecule has 5 heteroatoms. The summed E-state index contributed by atoms with van der Waals surface area (Å²) in [5, 5.41) is 4.93. The SMILES string of the molecule is O=c1ccc(-c2ccccc2)nn1CCOc1ccccc1Cl. The van der Waals surface area contributed by atoms with Crippen LogP contribution in [-0.2, 0) is 6.54 Å². The van der Waals surface area contributed by atoms with Crippen LogP contribution in [0.4, 0.5) is 0 Å². The molecule has 0 amide bonds. The van der Waals surface area contributed by atoms with Crippen molar-refractivity contribution in [2.24, 2.45) is 0 Å². The molecular formula is C18H15ClN2O2. The van der Waals surface area contributed by atoms with Crippen molar-refractivity contribution in [1.29, 1.82) is 0 Å². The van der Waals surface area contributed by atoms with Crippen molar-refractivity contribution >= 4 is 11.6 Å². The number of halogens is 1. The highest BCUT2D eigenvalue weighted by Gasteiger charge is 2.04. The van der Waals surface area contributed by atoms with Crippen LogP contribution < -0.4 is 10.3 Å². The van der Waals surface area contributed by atoms with Crippen LogP contribution in [0.15, 0.2) is 71.5 Å². The fourth-order valence-electron chi connectivity index (χ4n) is 2.18. The van der Waals surface area contributed by atoms with Gasteiger partial charge in [0.2, 0.25) is 0 Å². The zero-order chi connectivity index (χ0) is 16.1. The molecule has 23 heavy (non-hydrogen) atoms. The van der Waals surface area contributed by atoms with Crippen molar-refractivity contribution in [3.05, 3.63) is 82.1 Å². The largest absolute Gasteiger partial charge is 0.490 e. The number of rotatable bonds is 5. The number of para-hydroxylation sites is 1. The monoisotopic (exact) mass is 326 g/mol. The van der Waals surface area contributed by atoms with Gasteiger partial charge < -0.3 is 4.74 Å². The zero-order valence-corrected chi connectivity index (χ0v) is 13.1. The van der Waals surface area contributed by atoms with Gasteiger partial charge in [0.1, 0.15) is 12.4 Å². The molecule has 2 aromatic carbocycles. The molecule has 0 fully saturated rings. The first-order valence-corrected chi connectivity index (χ1v) is 7.63. The van der Waals surface area contributed by atoms with E-state index in [1.807, 2.05) is 42.5 Å². The average Bonchev–Trinajstić information content (AvgIpc) is 2.59. The van der Waals surface area contributed by atoms with Crippen molar-refractivity contribution in [1.82, 2.24) is 9.78 Å². The molecule has 0 spiro atoms. The van der Waals surface area contributed by atoms with Gasteiger partial charge in [-0.1, -0.05) is 54.1 Å². The molecule has 116 valence electrons. The van der Waals surface area contributed by atoms with Crippen LogP contribution in [0.2, 0.25) is 5.02 Å². The summed E-state index contributed by atoms with van der Waals surface area (Å²) in [6.07, 6.45) is 0. The lowest BCUT2D eigenvalue weighted by molar-refractivity contribution is 0.288. The molecule has 0 N–H and O–H groups in total. The van der Waals surface area contributed by atoms with Crippen molar-refractivity contribution in [3.8, 4) is 17.0 Å². The molecule has 0 bridgehead atoms. The number of benzene rings is 2. The summed E-state index contributed by atoms with van der Waals surface area (Å²) in [7, 11) is 0. The summed E-state index contributed by atoms with van der Waals surface area (Å²) < 4.78 is 7.01. The van der Waals surface area contributed by atoms with Crippen LogP contribution in [0.1, 0.15) is 0 Å². The summed E-state index contributed by atoms with van der Waals surface area (Å²) in [5.74, 6) is 0.599. The van der Waals surface area contributed by atoms with Crippen LogP contribution >= 0.6 is 11.6 Å². The molecule has 0 aliphatic rings. The Morgan fingerprint density at radius 3 is 2.48 bits per heavy atom. The van der Waals surface area contributed by atoms with E-state index in [0.29, 0.717) is 23.9 Å². The second-order valence-electron chi connectivity index (χ2n) is 4.92. The third kappa shape index (κ3) is 3.79. The van der Waals surface area contributed by atoms with Gasteiger partial charge in [0.15, 0.2) is 0 Å². The van der Waals surface area contributed by atoms with E-state index in [0.717, 1.165) is 11.3 Å². The van der Waals surface area contributed by atoms with E-state index >= 15 is 0 Å². The van der Waals surface area contributed by atoms with Gasteiger partial charge in [-0.15, -0.1) is 0 Å². The predicted molar refractivity (Wildman–Crippen MR) is 90.9 cm³/mol. The summed E-state index contributed by atoms with van der Waals surface area (Å²) in [6.45, 7) is 0.666. The lowest BCUT2D eigenvalue weighted by Crippen LogP contribution is -2.25. The highest BCUT2D eigenvalue weighted by molar-refractivity contribution is 6.32. The molecule has 0 unspecified atom stereocenters. The molecule has 1 aromatic heterocycles. The molecule has 0 aliphatic carbocycles. The number of ether oxygens (including phenoxy) is 1. The normalized spacial score (nSPS) is 10.5. The Morgan fingerprint density at radius 1 is 0.957 bits per heavy atom. The molecule has 0 radical (unpaired) electrons. The molecule has 3 rings (SSSR count). The lowest BCUT2D eigenvalue weighted by Gasteiger charge is -2.10. The number of aromatic nitrogens is 2. The first-order chi connectivity index (χ1) is 11.2. The van der Waals surface area contributed by atoms with Crippen molar-refractivity contribution in [3.63, 3.8) is 0 Å². The average molecular weight is 327 g/mol. The van der Waals surface area contributed by atoms with Crippen LogP contribution in [-0.4, -0.2) is 16.4 Å². The fraction of sp³-hybridized carbons (Fsp3) is 0.111. The van der Waals surface area contributed by atoms with E-state index in [2.05, 4.69) is 5.10 Å². The van der Waals surface area contributed by atoms with Gasteiger partial charge in [-0.3, -0.25) is 4.79 Å². The van der Waals surface area contributed by atoms with Crippen LogP contribution in [0, 0.1) is 0 Å². The summed E-state index contributed by atoms with van der Waals surface area (Å²) in [6, 6.07) is 20.2. The van der Waals surface area contributed by atoms with Crippen molar-refractivity contribution in [2.75, 3.05) is 6.61 Å². The van der Waals surface area contributed by atoms with Gasteiger partial charge in [0, 0.05) is 11.6 Å². The topological polar surface area (TPSA) is 44.1 Å². The lowest BCUT2D eigenvalue weighted by atomic mass is 10.1. The minimum atomic E-state index is -0.160. The number of hydrogen-bond donors (Lipinski definition) is 0. The second-order valence-corrected chi connectivity index (χ2v) is 5.33. The Bertz CT molecular complexity index is 847. The van der Waals surface area contributed by atoms with Gasteiger partial charge in [-0.25, -0.2) is 4.68 Å². The first kappa shape index (κ1) is 15.3. The molecule has 0 saturated heterocycles. The first-order valence-electron chi connectivity index (χ1n) is 7.25. The molecule has 1 heterocycles. The van der Waals surface area contributed by atoms with Crippen molar-refractivity contribution < 1.29 is 4.74 Å². The smallest absolute Gasteiger partial charge is 0.266 e. The third-order valence-corrected chi connectivity index (χ3v) is 3.65. The van der Waals surface area contributed by atoms with Gasteiger partial charge in [-0.05, 0) is 18.2 Å². The Labute approximate surface area is 138 Å². The second kappa shape index (κ2) is 7.11. The molecule has 0 saturated carbocycles. The molecule has 4 nitrogen and oxygen atoms in total. The standard InChI is InChI=1S/C18H15ClN2O2/c19-15-8-4-5-9-17(15)23-13-12-21-18(22)11-10-16(20-21)14-6-2-1-3-7-14/h1-11H,12-13H2. The van der Waals surface area contributed by atoms with E-state index in [-0.39, 0.29) is 5.56 Å². The van der Waals surface area contributed by atoms with Gasteiger partial charge in [0.25, 0.3) is 5.56 Å². The molecule has 0 atom stereocenters. The van der Waals surface area contributed by atoms with Gasteiger partial charge in [0.05, 0.1) is 17.3 Å². The van der Waals surface area contributed by atoms with E-state index < -0.39 is 0 Å². The van der Waals surface area contributed by atoms with E-state index in [9.17, 15) is 4.79 Å². The Kier molecular flexibility index (Phi) is 4.74. The quantitative estimate of drug-likeness (QED) is 0.719. The fourth-order valence-corrected chi connectivity index (χ4v) is 2.37. The predicted octanol–water partition coefficient (Wildman–Crippen LogP) is 3.64. The summed E-state index contributed by atoms with van der Waals surface area (Å²) >= 11 is 6.03. The minimum Gasteiger partial charge on any atom is -0.490 e. The Hall–Kier alpha value is -2.59. The highest BCUT2D eigenvalue weighted by Crippen LogP contribution is 2.22. The van der Waals surface area contributed by atoms with E-state index in [1.54, 1.807) is 18.2 Å². The minimum absolute atomic E-state index is 0.160. The van der Waals surface area contributed by atoms with Crippen LogP contribution in [0.5, 0.6) is 5.75 Å². The van der Waals surface area contributed by atoms with Crippen LogP contribution in [0.25, 0.3) is 11.3 Å². The highest BCUT2D eigenvalue weighted by atomic mass is 35.5. The maximum absolute atomic E-state index is 11.9. The van der Waals surface area contributed by atoms with E-state index in [1.165, 1.54) is 10.7 Å². The van der Waals surface area contributed by atoms with Crippen molar-refractivity contribution in [2.45, 2.75) is 6.54 Å². The van der Waals surface area contributed by atoms with E-state index in [4.69, 9.17) is 16.3 Å². The summed E-state index contributed by atoms with van der Waals surface area (Å²) in [4.78, 5) is 11.9. The Morgan fingerprint density at radius 2 is 1.70 bits per heavy atom. The van der Waals surface area contributed by atoms with Crippen LogP contribution in [0.3, 0.4) is 0 Å². The zero-order valence-electron chi connectivity index (χ0n) is 12.4. The van der Waals surface area contributed by atoms with Gasteiger partial charge in [-0.2, -0.15) is 5.10 Å². The number of hydrogen-bond acceptors (Lipinski definition) is 3. The molecular weight excluding hydrogens is 312 g/mol. The molecule has 3 aromatic rings. The maximum atomic E-state index is 11.9. The maximum Gasteiger partial charge on any atom is 0.266 e. The number of nitrogens with zero attached hydrogens (tertiary/aromatic N) is 2. The molecule has 0 aliphatic heterocycles. The summed E-state index contributed by atoms with van der Waals surface area (Å²) in [5.41, 5.74) is 1.56.